The van der Waals surface area contributed by atoms with E-state index < -0.39 is 0 Å². The molecule has 1 heterocycles. The van der Waals surface area contributed by atoms with Crippen LogP contribution in [0.1, 0.15) is 27.7 Å². The molecule has 0 aliphatic carbocycles. The third kappa shape index (κ3) is 1.73. The van der Waals surface area contributed by atoms with Crippen molar-refractivity contribution in [3.05, 3.63) is 0 Å². The maximum absolute atomic E-state index is 5.73. The Hall–Kier alpha value is 0.310. The first-order valence-electron chi connectivity index (χ1n) is 4.37. The van der Waals surface area contributed by atoms with Crippen molar-refractivity contribution in [2.75, 3.05) is 0 Å². The van der Waals surface area contributed by atoms with Crippen LogP contribution >= 0.6 is 12.6 Å². The molecule has 1 saturated heterocycles. The van der Waals surface area contributed by atoms with E-state index in [1.54, 1.807) is 0 Å². The lowest BCUT2D eigenvalue weighted by Gasteiger charge is -2.40. The maximum atomic E-state index is 5.73. The summed E-state index contributed by atoms with van der Waals surface area (Å²) in [4.78, 5) is 0. The van der Waals surface area contributed by atoms with Gasteiger partial charge in [-0.05, 0) is 25.7 Å². The van der Waals surface area contributed by atoms with Gasteiger partial charge in [0.05, 0.1) is 12.2 Å². The van der Waals surface area contributed by atoms with Crippen LogP contribution in [0.5, 0.6) is 0 Å². The Bertz CT molecular complexity index is 124. The predicted molar refractivity (Wildman–Crippen MR) is 51.1 cm³/mol. The molecule has 0 radical (unpaired) electrons. The minimum absolute atomic E-state index is 0.365. The summed E-state index contributed by atoms with van der Waals surface area (Å²) in [6, 6.07) is 0. The molecule has 4 unspecified atom stereocenters. The van der Waals surface area contributed by atoms with Gasteiger partial charge in [-0.25, -0.2) is 0 Å². The summed E-state index contributed by atoms with van der Waals surface area (Å²) < 4.78 is 5.73. The Morgan fingerprint density at radius 2 is 1.27 bits per heavy atom. The van der Waals surface area contributed by atoms with Crippen molar-refractivity contribution in [1.29, 1.82) is 0 Å². The highest BCUT2D eigenvalue weighted by atomic mass is 32.1. The summed E-state index contributed by atoms with van der Waals surface area (Å²) in [5.74, 6) is 1.15. The zero-order valence-corrected chi connectivity index (χ0v) is 8.64. The second-order valence-corrected chi connectivity index (χ2v) is 4.35. The summed E-state index contributed by atoms with van der Waals surface area (Å²) in [7, 11) is 0. The highest BCUT2D eigenvalue weighted by Crippen LogP contribution is 2.32. The first kappa shape index (κ1) is 9.40. The van der Waals surface area contributed by atoms with Crippen LogP contribution in [0.3, 0.4) is 0 Å². The van der Waals surface area contributed by atoms with E-state index in [4.69, 9.17) is 4.74 Å². The van der Waals surface area contributed by atoms with Gasteiger partial charge in [0.15, 0.2) is 0 Å². The Morgan fingerprint density at radius 1 is 0.909 bits per heavy atom. The van der Waals surface area contributed by atoms with Gasteiger partial charge in [0.2, 0.25) is 0 Å². The Morgan fingerprint density at radius 3 is 1.64 bits per heavy atom. The molecule has 0 aromatic rings. The summed E-state index contributed by atoms with van der Waals surface area (Å²) in [5.41, 5.74) is 0. The SMILES string of the molecule is CC1OC(C)C(C)C(S)C1C. The molecule has 0 bridgehead atoms. The fourth-order valence-corrected chi connectivity index (χ4v) is 2.11. The van der Waals surface area contributed by atoms with Gasteiger partial charge < -0.3 is 4.74 Å². The van der Waals surface area contributed by atoms with Gasteiger partial charge in [0.25, 0.3) is 0 Å². The third-order valence-electron chi connectivity index (χ3n) is 2.99. The molecule has 4 atom stereocenters. The molecule has 0 N–H and O–H groups in total. The average molecular weight is 174 g/mol. The topological polar surface area (TPSA) is 9.23 Å². The van der Waals surface area contributed by atoms with Crippen molar-refractivity contribution in [3.63, 3.8) is 0 Å². The lowest BCUT2D eigenvalue weighted by Crippen LogP contribution is -2.44. The van der Waals surface area contributed by atoms with Gasteiger partial charge in [-0.1, -0.05) is 13.8 Å². The van der Waals surface area contributed by atoms with E-state index in [1.807, 2.05) is 0 Å². The zero-order chi connectivity index (χ0) is 8.59. The number of rotatable bonds is 0. The lowest BCUT2D eigenvalue weighted by molar-refractivity contribution is -0.0841. The first-order valence-corrected chi connectivity index (χ1v) is 4.89. The monoisotopic (exact) mass is 174 g/mol. The van der Waals surface area contributed by atoms with Crippen molar-refractivity contribution < 1.29 is 4.74 Å². The Labute approximate surface area is 74.9 Å². The van der Waals surface area contributed by atoms with Gasteiger partial charge in [-0.3, -0.25) is 0 Å². The molecule has 0 spiro atoms. The van der Waals surface area contributed by atoms with Crippen molar-refractivity contribution in [1.82, 2.24) is 0 Å². The van der Waals surface area contributed by atoms with Gasteiger partial charge in [0.1, 0.15) is 0 Å². The van der Waals surface area contributed by atoms with Gasteiger partial charge in [-0.2, -0.15) is 12.6 Å². The molecule has 66 valence electrons. The van der Waals surface area contributed by atoms with E-state index in [1.165, 1.54) is 0 Å². The average Bonchev–Trinajstić information content (AvgIpc) is 1.97. The van der Waals surface area contributed by atoms with Gasteiger partial charge in [-0.15, -0.1) is 0 Å². The summed E-state index contributed by atoms with van der Waals surface area (Å²) >= 11 is 4.59. The fourth-order valence-electron chi connectivity index (χ4n) is 1.62. The zero-order valence-electron chi connectivity index (χ0n) is 7.74. The number of thiol groups is 1. The summed E-state index contributed by atoms with van der Waals surface area (Å²) in [6.07, 6.45) is 0.729. The molecule has 2 heteroatoms. The van der Waals surface area contributed by atoms with E-state index in [0.29, 0.717) is 29.3 Å². The van der Waals surface area contributed by atoms with Gasteiger partial charge >= 0.3 is 0 Å². The maximum Gasteiger partial charge on any atom is 0.0586 e. The third-order valence-corrected chi connectivity index (χ3v) is 3.93. The molecule has 1 fully saturated rings. The summed E-state index contributed by atoms with van der Waals surface area (Å²) in [6.45, 7) is 8.70. The normalized spacial score (nSPS) is 52.6. The molecule has 0 amide bonds. The van der Waals surface area contributed by atoms with Crippen LogP contribution in [0.15, 0.2) is 0 Å². The molecule has 1 aliphatic heterocycles. The molecule has 0 aromatic heterocycles. The fraction of sp³-hybridized carbons (Fsp3) is 1.00. The largest absolute Gasteiger partial charge is 0.375 e. The quantitative estimate of drug-likeness (QED) is 0.555. The first-order chi connectivity index (χ1) is 5.04. The molecule has 1 rings (SSSR count). The van der Waals surface area contributed by atoms with E-state index >= 15 is 0 Å². The van der Waals surface area contributed by atoms with Gasteiger partial charge in [0, 0.05) is 5.25 Å². The highest BCUT2D eigenvalue weighted by molar-refractivity contribution is 7.81. The standard InChI is InChI=1S/C9H18OS/c1-5-7(3)10-8(4)6(2)9(5)11/h5-9,11H,1-4H3. The smallest absolute Gasteiger partial charge is 0.0586 e. The molecular weight excluding hydrogens is 156 g/mol. The molecule has 11 heavy (non-hydrogen) atoms. The van der Waals surface area contributed by atoms with E-state index in [0.717, 1.165) is 0 Å². The molecule has 1 aliphatic rings. The van der Waals surface area contributed by atoms with Crippen molar-refractivity contribution in [2.24, 2.45) is 11.8 Å². The van der Waals surface area contributed by atoms with Crippen molar-refractivity contribution in [2.45, 2.75) is 45.2 Å². The Kier molecular flexibility index (Phi) is 2.87. The van der Waals surface area contributed by atoms with Crippen LogP contribution in [-0.2, 0) is 4.74 Å². The van der Waals surface area contributed by atoms with E-state index in [9.17, 15) is 0 Å². The van der Waals surface area contributed by atoms with Crippen LogP contribution < -0.4 is 0 Å². The lowest BCUT2D eigenvalue weighted by atomic mass is 9.86. The van der Waals surface area contributed by atoms with Crippen LogP contribution in [0.2, 0.25) is 0 Å². The number of hydrogen-bond acceptors (Lipinski definition) is 2. The number of hydrogen-bond donors (Lipinski definition) is 1. The minimum Gasteiger partial charge on any atom is -0.375 e. The summed E-state index contributed by atoms with van der Waals surface area (Å²) in [5, 5.41) is 0.494. The molecule has 0 aromatic carbocycles. The van der Waals surface area contributed by atoms with Crippen LogP contribution in [0.25, 0.3) is 0 Å². The predicted octanol–water partition coefficient (Wildman–Crippen LogP) is 2.36. The minimum atomic E-state index is 0.365. The van der Waals surface area contributed by atoms with E-state index in [2.05, 4.69) is 40.3 Å². The second-order valence-electron chi connectivity index (χ2n) is 3.76. The van der Waals surface area contributed by atoms with Crippen molar-refractivity contribution >= 4 is 12.6 Å². The second kappa shape index (κ2) is 3.36. The van der Waals surface area contributed by atoms with Crippen LogP contribution in [0, 0.1) is 11.8 Å². The highest BCUT2D eigenvalue weighted by Gasteiger charge is 2.34. The molecule has 1 nitrogen and oxygen atoms in total. The van der Waals surface area contributed by atoms with E-state index in [-0.39, 0.29) is 0 Å². The Balaban J connectivity index is 2.63. The van der Waals surface area contributed by atoms with Crippen LogP contribution in [0.4, 0.5) is 0 Å². The molecular formula is C9H18OS. The molecule has 0 saturated carbocycles. The van der Waals surface area contributed by atoms with Crippen molar-refractivity contribution in [3.8, 4) is 0 Å². The van der Waals surface area contributed by atoms with Crippen LogP contribution in [-0.4, -0.2) is 17.5 Å². The number of ether oxygens (including phenoxy) is 1.